The Labute approximate surface area is 250 Å². The van der Waals surface area contributed by atoms with E-state index in [1.165, 1.54) is 74.8 Å². The maximum absolute atomic E-state index is 2.54. The zero-order valence-electron chi connectivity index (χ0n) is 23.4. The molecule has 3 heteroatoms. The van der Waals surface area contributed by atoms with Crippen molar-refractivity contribution in [3.63, 3.8) is 0 Å². The van der Waals surface area contributed by atoms with E-state index in [1.54, 1.807) is 4.90 Å². The zero-order chi connectivity index (χ0) is 27.8. The van der Waals surface area contributed by atoms with Gasteiger partial charge in [0, 0.05) is 35.8 Å². The first-order valence-electron chi connectivity index (χ1n) is 14.5. The van der Waals surface area contributed by atoms with Crippen molar-refractivity contribution in [3.8, 4) is 5.69 Å². The van der Waals surface area contributed by atoms with E-state index < -0.39 is 15.4 Å². The molecule has 0 aliphatic carbocycles. The molecular weight excluding hydrogens is 547 g/mol. The van der Waals surface area contributed by atoms with Crippen LogP contribution in [0.15, 0.2) is 137 Å². The van der Waals surface area contributed by atoms with Gasteiger partial charge in [-0.15, -0.1) is 11.3 Å². The van der Waals surface area contributed by atoms with Crippen molar-refractivity contribution < 1.29 is 0 Å². The fraction of sp³-hybridized carbons (Fsp3) is 0.0769. The van der Waals surface area contributed by atoms with Crippen LogP contribution in [0.5, 0.6) is 0 Å². The van der Waals surface area contributed by atoms with E-state index in [4.69, 9.17) is 0 Å². The SMILES string of the molecule is CS1(C)c2ccccc2C2(c3ccccc3-n3c4ccccc4c4cccc2c43)c2ccc3c(sc4ccccc43)c21. The van der Waals surface area contributed by atoms with Crippen molar-refractivity contribution in [3.05, 3.63) is 150 Å². The van der Waals surface area contributed by atoms with Gasteiger partial charge in [0.2, 0.25) is 0 Å². The second-order valence-corrected chi connectivity index (χ2v) is 16.6. The summed E-state index contributed by atoms with van der Waals surface area (Å²) in [6.45, 7) is 0. The summed E-state index contributed by atoms with van der Waals surface area (Å²) in [7, 11) is -1.32. The van der Waals surface area contributed by atoms with E-state index in [2.05, 4.69) is 144 Å². The maximum Gasteiger partial charge on any atom is 0.0763 e. The lowest BCUT2D eigenvalue weighted by atomic mass is 9.62. The smallest absolute Gasteiger partial charge is 0.0763 e. The number of nitrogens with zero attached hydrogens (tertiary/aromatic N) is 1. The molecule has 0 fully saturated rings. The van der Waals surface area contributed by atoms with E-state index in [-0.39, 0.29) is 0 Å². The molecule has 0 radical (unpaired) electrons. The predicted octanol–water partition coefficient (Wildman–Crippen LogP) is 10.6. The quantitative estimate of drug-likeness (QED) is 0.170. The Morgan fingerprint density at radius 1 is 0.548 bits per heavy atom. The van der Waals surface area contributed by atoms with Gasteiger partial charge < -0.3 is 4.57 Å². The number of rotatable bonds is 0. The van der Waals surface area contributed by atoms with Crippen LogP contribution in [0.3, 0.4) is 0 Å². The Balaban J connectivity index is 1.50. The van der Waals surface area contributed by atoms with Gasteiger partial charge in [0.05, 0.1) is 22.1 Å². The Bertz CT molecular complexity index is 2460. The monoisotopic (exact) mass is 573 g/mol. The second-order valence-electron chi connectivity index (χ2n) is 12.1. The average molecular weight is 574 g/mol. The standard InChI is InChI=1S/C39H27NS2/c1-42(2)35-21-10-6-16-29(35)39(31-23-22-27-25-13-4-9-20-34(25)41-37(27)38(31)42)28-15-5-8-19-33(28)40-32-18-7-3-12-24(32)26-14-11-17-30(39)36(26)40/h3-23H,1-2H3. The summed E-state index contributed by atoms with van der Waals surface area (Å²) < 4.78 is 5.36. The molecule has 1 atom stereocenters. The zero-order valence-corrected chi connectivity index (χ0v) is 25.0. The molecular formula is C39H27NS2. The summed E-state index contributed by atoms with van der Waals surface area (Å²) in [5.74, 6) is 0. The molecule has 8 aromatic rings. The fourth-order valence-corrected chi connectivity index (χ4v) is 13.0. The van der Waals surface area contributed by atoms with Gasteiger partial charge in [0.1, 0.15) is 0 Å². The van der Waals surface area contributed by atoms with E-state index in [1.807, 2.05) is 11.3 Å². The summed E-state index contributed by atoms with van der Waals surface area (Å²) in [5.41, 5.74) is 9.14. The van der Waals surface area contributed by atoms with Gasteiger partial charge in [-0.2, -0.15) is 10.0 Å². The molecule has 1 spiro atoms. The van der Waals surface area contributed by atoms with Crippen molar-refractivity contribution in [1.29, 1.82) is 0 Å². The van der Waals surface area contributed by atoms with Crippen LogP contribution in [0, 0.1) is 0 Å². The Hall–Kier alpha value is -4.31. The summed E-state index contributed by atoms with van der Waals surface area (Å²) >= 11 is 1.98. The molecule has 0 saturated heterocycles. The maximum atomic E-state index is 2.54. The number of aromatic nitrogens is 1. The van der Waals surface area contributed by atoms with Crippen molar-refractivity contribution in [2.24, 2.45) is 0 Å². The van der Waals surface area contributed by atoms with Gasteiger partial charge in [-0.3, -0.25) is 0 Å². The molecule has 0 bridgehead atoms. The minimum absolute atomic E-state index is 0.417. The van der Waals surface area contributed by atoms with E-state index in [0.717, 1.165) is 0 Å². The Morgan fingerprint density at radius 3 is 2.14 bits per heavy atom. The minimum Gasteiger partial charge on any atom is -0.309 e. The van der Waals surface area contributed by atoms with E-state index in [9.17, 15) is 0 Å². The molecule has 0 amide bonds. The van der Waals surface area contributed by atoms with Crippen LogP contribution in [0.4, 0.5) is 0 Å². The van der Waals surface area contributed by atoms with Gasteiger partial charge in [-0.05, 0) is 63.9 Å². The van der Waals surface area contributed by atoms with Crippen LogP contribution in [0.1, 0.15) is 22.3 Å². The van der Waals surface area contributed by atoms with Crippen molar-refractivity contribution in [2.75, 3.05) is 12.5 Å². The van der Waals surface area contributed by atoms with E-state index >= 15 is 0 Å². The average Bonchev–Trinajstić information content (AvgIpc) is 3.58. The van der Waals surface area contributed by atoms with Crippen LogP contribution in [-0.2, 0) is 5.41 Å². The largest absolute Gasteiger partial charge is 0.309 e. The van der Waals surface area contributed by atoms with Crippen LogP contribution in [0.25, 0.3) is 47.7 Å². The highest BCUT2D eigenvalue weighted by Crippen LogP contribution is 2.71. The highest BCUT2D eigenvalue weighted by molar-refractivity contribution is 8.33. The number of fused-ring (bicyclic) bond motifs is 15. The van der Waals surface area contributed by atoms with Crippen LogP contribution < -0.4 is 0 Å². The van der Waals surface area contributed by atoms with Gasteiger partial charge in [-0.1, -0.05) is 103 Å². The van der Waals surface area contributed by atoms with Crippen LogP contribution >= 0.6 is 21.4 Å². The topological polar surface area (TPSA) is 4.93 Å². The highest BCUT2D eigenvalue weighted by Gasteiger charge is 2.52. The third-order valence-corrected chi connectivity index (χ3v) is 14.1. The molecule has 1 unspecified atom stereocenters. The number of para-hydroxylation sites is 3. The lowest BCUT2D eigenvalue weighted by molar-refractivity contribution is 0.689. The van der Waals surface area contributed by atoms with Gasteiger partial charge >= 0.3 is 0 Å². The highest BCUT2D eigenvalue weighted by atomic mass is 32.3. The fourth-order valence-electron chi connectivity index (χ4n) is 8.33. The molecule has 200 valence electrons. The Morgan fingerprint density at radius 2 is 1.24 bits per heavy atom. The number of hydrogen-bond donors (Lipinski definition) is 0. The first-order chi connectivity index (χ1) is 20.6. The predicted molar refractivity (Wildman–Crippen MR) is 182 cm³/mol. The number of thiophene rings is 1. The number of benzene rings is 6. The van der Waals surface area contributed by atoms with Gasteiger partial charge in [0.15, 0.2) is 0 Å². The first-order valence-corrected chi connectivity index (χ1v) is 17.8. The van der Waals surface area contributed by atoms with E-state index in [0.29, 0.717) is 0 Å². The van der Waals surface area contributed by atoms with Crippen LogP contribution in [0.2, 0.25) is 0 Å². The van der Waals surface area contributed by atoms with Crippen molar-refractivity contribution in [1.82, 2.24) is 4.57 Å². The summed E-state index contributed by atoms with van der Waals surface area (Å²) in [4.78, 5) is 3.05. The molecule has 10 rings (SSSR count). The molecule has 2 aliphatic rings. The summed E-state index contributed by atoms with van der Waals surface area (Å²) in [5, 5.41) is 5.41. The third-order valence-electron chi connectivity index (χ3n) is 9.90. The minimum atomic E-state index is -1.32. The summed E-state index contributed by atoms with van der Waals surface area (Å²) in [6.07, 6.45) is 5.04. The van der Waals surface area contributed by atoms with Gasteiger partial charge in [-0.25, -0.2) is 0 Å². The number of hydrogen-bond acceptors (Lipinski definition) is 1. The molecule has 2 aliphatic heterocycles. The molecule has 1 nitrogen and oxygen atoms in total. The normalized spacial score (nSPS) is 18.8. The summed E-state index contributed by atoms with van der Waals surface area (Å²) in [6, 6.07) is 48.3. The van der Waals surface area contributed by atoms with Crippen molar-refractivity contribution >= 4 is 63.3 Å². The lowest BCUT2D eigenvalue weighted by Crippen LogP contribution is -2.39. The molecule has 6 aromatic carbocycles. The molecule has 0 N–H and O–H groups in total. The van der Waals surface area contributed by atoms with Crippen LogP contribution in [-0.4, -0.2) is 17.1 Å². The first kappa shape index (κ1) is 23.3. The lowest BCUT2D eigenvalue weighted by Gasteiger charge is -2.51. The molecule has 4 heterocycles. The molecule has 42 heavy (non-hydrogen) atoms. The van der Waals surface area contributed by atoms with Crippen molar-refractivity contribution in [2.45, 2.75) is 15.2 Å². The third kappa shape index (κ3) is 2.51. The molecule has 2 aromatic heterocycles. The second kappa shape index (κ2) is 7.74. The Kier molecular flexibility index (Phi) is 4.29. The molecule has 0 saturated carbocycles. The van der Waals surface area contributed by atoms with Gasteiger partial charge in [0.25, 0.3) is 0 Å².